The molecule has 2 heterocycles. The molecule has 2 unspecified atom stereocenters. The minimum atomic E-state index is -0.243. The number of carbonyl (C=O) groups excluding carboxylic acids is 2. The molecule has 0 N–H and O–H groups in total. The molecule has 1 saturated heterocycles. The van der Waals surface area contributed by atoms with Gasteiger partial charge in [-0.2, -0.15) is 0 Å². The highest BCUT2D eigenvalue weighted by Crippen LogP contribution is 2.39. The quantitative estimate of drug-likeness (QED) is 0.588. The van der Waals surface area contributed by atoms with Gasteiger partial charge in [-0.05, 0) is 13.8 Å². The maximum Gasteiger partial charge on any atom is 0.136 e. The number of ether oxygens (including phenoxy) is 1. The molecule has 0 aromatic rings. The Morgan fingerprint density at radius 3 is 1.69 bits per heavy atom. The van der Waals surface area contributed by atoms with Crippen LogP contribution in [-0.4, -0.2) is 23.8 Å². The summed E-state index contributed by atoms with van der Waals surface area (Å²) in [6.45, 7) is 3.05. The fourth-order valence-corrected chi connectivity index (χ4v) is 2.28. The van der Waals surface area contributed by atoms with E-state index in [4.69, 9.17) is 4.74 Å². The molecule has 0 amide bonds. The van der Waals surface area contributed by atoms with E-state index in [-0.39, 0.29) is 35.6 Å². The van der Waals surface area contributed by atoms with Crippen LogP contribution in [0.1, 0.15) is 13.8 Å². The minimum absolute atomic E-state index is 0.0528. The number of Topliss-reactive ketones (excluding diaryl/α,β-unsaturated/α-hetero) is 2. The average molecular weight is 180 g/mol. The van der Waals surface area contributed by atoms with Gasteiger partial charge in [0.1, 0.15) is 11.6 Å². The molecule has 3 heteroatoms. The Balaban J connectivity index is 2.30. The number of hydrogen-bond donors (Lipinski definition) is 0. The molecule has 1 fully saturated rings. The second kappa shape index (κ2) is 2.77. The standard InChI is InChI=1S/C10H12O3/c1-5(11)9-7-3-4-8(13-7)10(9)6(2)12/h3-4,7-10H,1-2H3/t7?,8?,9-,10+. The lowest BCUT2D eigenvalue weighted by Gasteiger charge is -2.19. The summed E-state index contributed by atoms with van der Waals surface area (Å²) in [5.74, 6) is -0.380. The van der Waals surface area contributed by atoms with Crippen molar-refractivity contribution < 1.29 is 14.3 Å². The maximum atomic E-state index is 11.3. The van der Waals surface area contributed by atoms with E-state index in [2.05, 4.69) is 0 Å². The maximum absolute atomic E-state index is 11.3. The van der Waals surface area contributed by atoms with Crippen molar-refractivity contribution in [3.63, 3.8) is 0 Å². The molecule has 2 bridgehead atoms. The van der Waals surface area contributed by atoms with Crippen LogP contribution in [0.2, 0.25) is 0 Å². The summed E-state index contributed by atoms with van der Waals surface area (Å²) in [5.41, 5.74) is 0. The third-order valence-electron chi connectivity index (χ3n) is 2.84. The van der Waals surface area contributed by atoms with Crippen LogP contribution in [0, 0.1) is 11.8 Å². The fraction of sp³-hybridized carbons (Fsp3) is 0.600. The van der Waals surface area contributed by atoms with E-state index < -0.39 is 0 Å². The lowest BCUT2D eigenvalue weighted by Crippen LogP contribution is -2.34. The van der Waals surface area contributed by atoms with Gasteiger partial charge in [-0.3, -0.25) is 9.59 Å². The van der Waals surface area contributed by atoms with Gasteiger partial charge in [0.05, 0.1) is 24.0 Å². The summed E-state index contributed by atoms with van der Waals surface area (Å²) in [4.78, 5) is 22.6. The largest absolute Gasteiger partial charge is 0.365 e. The summed E-state index contributed by atoms with van der Waals surface area (Å²) in [6, 6.07) is 0. The molecule has 0 aliphatic carbocycles. The molecule has 0 saturated carbocycles. The van der Waals surface area contributed by atoms with E-state index in [9.17, 15) is 9.59 Å². The zero-order valence-electron chi connectivity index (χ0n) is 7.69. The Labute approximate surface area is 76.8 Å². The third kappa shape index (κ3) is 1.15. The van der Waals surface area contributed by atoms with Crippen LogP contribution in [0.3, 0.4) is 0 Å². The zero-order chi connectivity index (χ0) is 9.59. The van der Waals surface area contributed by atoms with Gasteiger partial charge in [0.2, 0.25) is 0 Å². The molecule has 13 heavy (non-hydrogen) atoms. The van der Waals surface area contributed by atoms with Crippen molar-refractivity contribution in [1.29, 1.82) is 0 Å². The van der Waals surface area contributed by atoms with Crippen LogP contribution < -0.4 is 0 Å². The van der Waals surface area contributed by atoms with E-state index in [0.717, 1.165) is 0 Å². The predicted molar refractivity (Wildman–Crippen MR) is 46.1 cm³/mol. The first-order valence-corrected chi connectivity index (χ1v) is 4.46. The topological polar surface area (TPSA) is 43.4 Å². The molecule has 2 aliphatic heterocycles. The molecule has 0 aromatic heterocycles. The first-order chi connectivity index (χ1) is 6.11. The number of hydrogen-bond acceptors (Lipinski definition) is 3. The van der Waals surface area contributed by atoms with Gasteiger partial charge >= 0.3 is 0 Å². The third-order valence-corrected chi connectivity index (χ3v) is 2.84. The van der Waals surface area contributed by atoms with Gasteiger partial charge in [-0.1, -0.05) is 12.2 Å². The second-order valence-corrected chi connectivity index (χ2v) is 3.72. The highest BCUT2D eigenvalue weighted by Gasteiger charge is 2.50. The molecule has 70 valence electrons. The van der Waals surface area contributed by atoms with Crippen LogP contribution in [0.25, 0.3) is 0 Å². The van der Waals surface area contributed by atoms with Crippen molar-refractivity contribution in [2.24, 2.45) is 11.8 Å². The highest BCUT2D eigenvalue weighted by molar-refractivity contribution is 5.89. The molecule has 0 spiro atoms. The van der Waals surface area contributed by atoms with Gasteiger partial charge in [0.15, 0.2) is 0 Å². The number of fused-ring (bicyclic) bond motifs is 2. The molecular formula is C10H12O3. The average Bonchev–Trinajstić information content (AvgIpc) is 2.60. The number of ketones is 2. The summed E-state index contributed by atoms with van der Waals surface area (Å²) < 4.78 is 5.47. The van der Waals surface area contributed by atoms with Gasteiger partial charge < -0.3 is 4.74 Å². The normalized spacial score (nSPS) is 41.1. The summed E-state index contributed by atoms with van der Waals surface area (Å²) in [7, 11) is 0. The summed E-state index contributed by atoms with van der Waals surface area (Å²) in [5, 5.41) is 0. The molecular weight excluding hydrogens is 168 g/mol. The van der Waals surface area contributed by atoms with Crippen molar-refractivity contribution in [2.45, 2.75) is 26.1 Å². The molecule has 0 aromatic carbocycles. The Kier molecular flexibility index (Phi) is 1.84. The molecule has 4 atom stereocenters. The minimum Gasteiger partial charge on any atom is -0.365 e. The molecule has 2 rings (SSSR count). The Morgan fingerprint density at radius 2 is 1.38 bits per heavy atom. The molecule has 2 aliphatic rings. The van der Waals surface area contributed by atoms with Gasteiger partial charge in [0.25, 0.3) is 0 Å². The van der Waals surface area contributed by atoms with E-state index in [0.29, 0.717) is 0 Å². The van der Waals surface area contributed by atoms with Crippen molar-refractivity contribution in [2.75, 3.05) is 0 Å². The zero-order valence-corrected chi connectivity index (χ0v) is 7.69. The van der Waals surface area contributed by atoms with Crippen molar-refractivity contribution in [1.82, 2.24) is 0 Å². The summed E-state index contributed by atoms with van der Waals surface area (Å²) >= 11 is 0. The monoisotopic (exact) mass is 180 g/mol. The Morgan fingerprint density at radius 1 is 1.00 bits per heavy atom. The summed E-state index contributed by atoms with van der Waals surface area (Å²) in [6.07, 6.45) is 3.46. The van der Waals surface area contributed by atoms with Gasteiger partial charge in [-0.25, -0.2) is 0 Å². The van der Waals surface area contributed by atoms with Crippen LogP contribution in [0.15, 0.2) is 12.2 Å². The van der Waals surface area contributed by atoms with E-state index in [1.54, 1.807) is 0 Å². The predicted octanol–water partition coefficient (Wildman–Crippen LogP) is 0.734. The van der Waals surface area contributed by atoms with Gasteiger partial charge in [-0.15, -0.1) is 0 Å². The SMILES string of the molecule is CC(=O)[C@@H]1C2C=CC(O2)[C@@H]1C(C)=O. The first kappa shape index (κ1) is 8.63. The van der Waals surface area contributed by atoms with Crippen LogP contribution >= 0.6 is 0 Å². The van der Waals surface area contributed by atoms with E-state index >= 15 is 0 Å². The number of carbonyl (C=O) groups is 2. The van der Waals surface area contributed by atoms with E-state index in [1.165, 1.54) is 13.8 Å². The van der Waals surface area contributed by atoms with E-state index in [1.807, 2.05) is 12.2 Å². The molecule has 3 nitrogen and oxygen atoms in total. The highest BCUT2D eigenvalue weighted by atomic mass is 16.5. The lowest BCUT2D eigenvalue weighted by molar-refractivity contribution is -0.129. The Hall–Kier alpha value is -0.960. The van der Waals surface area contributed by atoms with Crippen LogP contribution in [-0.2, 0) is 14.3 Å². The first-order valence-electron chi connectivity index (χ1n) is 4.46. The fourth-order valence-electron chi connectivity index (χ4n) is 2.28. The number of rotatable bonds is 2. The smallest absolute Gasteiger partial charge is 0.136 e. The Bertz CT molecular complexity index is 265. The van der Waals surface area contributed by atoms with Crippen LogP contribution in [0.5, 0.6) is 0 Å². The van der Waals surface area contributed by atoms with Gasteiger partial charge in [0, 0.05) is 0 Å². The second-order valence-electron chi connectivity index (χ2n) is 3.72. The van der Waals surface area contributed by atoms with Crippen molar-refractivity contribution >= 4 is 11.6 Å². The molecule has 0 radical (unpaired) electrons. The van der Waals surface area contributed by atoms with Crippen molar-refractivity contribution in [3.05, 3.63) is 12.2 Å². The lowest BCUT2D eigenvalue weighted by atomic mass is 9.79. The van der Waals surface area contributed by atoms with Crippen molar-refractivity contribution in [3.8, 4) is 0 Å². The van der Waals surface area contributed by atoms with Crippen LogP contribution in [0.4, 0.5) is 0 Å².